The first-order valence-electron chi connectivity index (χ1n) is 4.42. The second-order valence-corrected chi connectivity index (χ2v) is 3.17. The fourth-order valence-electron chi connectivity index (χ4n) is 1.18. The van der Waals surface area contributed by atoms with Gasteiger partial charge < -0.3 is 9.90 Å². The van der Waals surface area contributed by atoms with Gasteiger partial charge in [0.05, 0.1) is 6.10 Å². The van der Waals surface area contributed by atoms with Gasteiger partial charge in [-0.15, -0.1) is 0 Å². The Morgan fingerprint density at radius 1 is 1.38 bits per heavy atom. The minimum absolute atomic E-state index is 0.120. The molecule has 0 heterocycles. The molecule has 0 aromatic heterocycles. The van der Waals surface area contributed by atoms with E-state index in [1.54, 1.807) is 0 Å². The second kappa shape index (κ2) is 4.77. The molecule has 0 saturated carbocycles. The summed E-state index contributed by atoms with van der Waals surface area (Å²) in [6, 6.07) is 9.40. The van der Waals surface area contributed by atoms with Crippen LogP contribution >= 0.6 is 0 Å². The van der Waals surface area contributed by atoms with Crippen LogP contribution in [0.2, 0.25) is 0 Å². The Labute approximate surface area is 78.2 Å². The predicted octanol–water partition coefficient (Wildman–Crippen LogP) is 2.09. The maximum atomic E-state index is 10.7. The lowest BCUT2D eigenvalue weighted by Gasteiger charge is -2.08. The van der Waals surface area contributed by atoms with Crippen LogP contribution in [0.4, 0.5) is 0 Å². The minimum Gasteiger partial charge on any atom is -0.388 e. The van der Waals surface area contributed by atoms with Crippen molar-refractivity contribution in [3.05, 3.63) is 35.9 Å². The fraction of sp³-hybridized carbons (Fsp3) is 0.364. The zero-order chi connectivity index (χ0) is 9.68. The molecule has 0 fully saturated rings. The highest BCUT2D eigenvalue weighted by Gasteiger charge is 2.07. The number of aliphatic hydroxyl groups is 1. The van der Waals surface area contributed by atoms with Gasteiger partial charge in [0.15, 0.2) is 0 Å². The Morgan fingerprint density at radius 2 is 2.00 bits per heavy atom. The molecule has 70 valence electrons. The Balaban J connectivity index is 2.49. The molecule has 2 heteroatoms. The highest BCUT2D eigenvalue weighted by atomic mass is 16.3. The molecule has 0 amide bonds. The number of ketones is 1. The van der Waals surface area contributed by atoms with Crippen molar-refractivity contribution in [3.8, 4) is 0 Å². The standard InChI is InChI=1S/C11H14O2/c1-9(12)7-8-11(13)10-5-3-2-4-6-10/h2-6,11,13H,7-8H2,1H3/t11-/m0/s1. The van der Waals surface area contributed by atoms with Crippen molar-refractivity contribution in [3.63, 3.8) is 0 Å². The van der Waals surface area contributed by atoms with Crippen molar-refractivity contribution in [1.29, 1.82) is 0 Å². The molecule has 0 radical (unpaired) electrons. The molecule has 1 atom stereocenters. The fourth-order valence-corrected chi connectivity index (χ4v) is 1.18. The highest BCUT2D eigenvalue weighted by molar-refractivity contribution is 5.75. The number of aliphatic hydroxyl groups excluding tert-OH is 1. The summed E-state index contributed by atoms with van der Waals surface area (Å²) in [5, 5.41) is 9.62. The van der Waals surface area contributed by atoms with Crippen LogP contribution in [0, 0.1) is 0 Å². The van der Waals surface area contributed by atoms with Gasteiger partial charge in [-0.05, 0) is 18.9 Å². The average molecular weight is 178 g/mol. The molecular formula is C11H14O2. The highest BCUT2D eigenvalue weighted by Crippen LogP contribution is 2.17. The summed E-state index contributed by atoms with van der Waals surface area (Å²) in [5.74, 6) is 0.120. The average Bonchev–Trinajstić information content (AvgIpc) is 2.15. The number of hydrogen-bond acceptors (Lipinski definition) is 2. The predicted molar refractivity (Wildman–Crippen MR) is 51.3 cm³/mol. The van der Waals surface area contributed by atoms with Gasteiger partial charge in [-0.2, -0.15) is 0 Å². The summed E-state index contributed by atoms with van der Waals surface area (Å²) in [4.78, 5) is 10.7. The van der Waals surface area contributed by atoms with Gasteiger partial charge >= 0.3 is 0 Å². The molecule has 0 aliphatic carbocycles. The van der Waals surface area contributed by atoms with Crippen molar-refractivity contribution in [1.82, 2.24) is 0 Å². The van der Waals surface area contributed by atoms with Crippen molar-refractivity contribution in [2.24, 2.45) is 0 Å². The van der Waals surface area contributed by atoms with Crippen LogP contribution in [0.15, 0.2) is 30.3 Å². The van der Waals surface area contributed by atoms with E-state index in [-0.39, 0.29) is 5.78 Å². The third kappa shape index (κ3) is 3.38. The Kier molecular flexibility index (Phi) is 3.65. The minimum atomic E-state index is -0.509. The summed E-state index contributed by atoms with van der Waals surface area (Å²) >= 11 is 0. The van der Waals surface area contributed by atoms with E-state index in [2.05, 4.69) is 0 Å². The van der Waals surface area contributed by atoms with Crippen LogP contribution in [0.1, 0.15) is 31.4 Å². The van der Waals surface area contributed by atoms with Crippen LogP contribution in [-0.2, 0) is 4.79 Å². The molecular weight excluding hydrogens is 164 g/mol. The summed E-state index contributed by atoms with van der Waals surface area (Å²) in [6.07, 6.45) is 0.445. The van der Waals surface area contributed by atoms with E-state index < -0.39 is 6.10 Å². The number of carbonyl (C=O) groups excluding carboxylic acids is 1. The SMILES string of the molecule is CC(=O)CC[C@H](O)c1ccccc1. The largest absolute Gasteiger partial charge is 0.388 e. The molecule has 0 spiro atoms. The monoisotopic (exact) mass is 178 g/mol. The van der Waals surface area contributed by atoms with E-state index in [0.29, 0.717) is 12.8 Å². The molecule has 1 aromatic rings. The van der Waals surface area contributed by atoms with E-state index in [9.17, 15) is 9.90 Å². The topological polar surface area (TPSA) is 37.3 Å². The van der Waals surface area contributed by atoms with Gasteiger partial charge in [0.1, 0.15) is 5.78 Å². The molecule has 0 bridgehead atoms. The van der Waals surface area contributed by atoms with E-state index in [1.165, 1.54) is 6.92 Å². The lowest BCUT2D eigenvalue weighted by Crippen LogP contribution is -2.00. The third-order valence-corrected chi connectivity index (χ3v) is 1.95. The molecule has 2 nitrogen and oxygen atoms in total. The van der Waals surface area contributed by atoms with Gasteiger partial charge in [-0.3, -0.25) is 0 Å². The number of rotatable bonds is 4. The molecule has 1 N–H and O–H groups in total. The Bertz CT molecular complexity index is 267. The van der Waals surface area contributed by atoms with Gasteiger partial charge in [0.2, 0.25) is 0 Å². The van der Waals surface area contributed by atoms with Gasteiger partial charge in [-0.25, -0.2) is 0 Å². The molecule has 1 aromatic carbocycles. The quantitative estimate of drug-likeness (QED) is 0.766. The van der Waals surface area contributed by atoms with Crippen LogP contribution < -0.4 is 0 Å². The molecule has 13 heavy (non-hydrogen) atoms. The maximum absolute atomic E-state index is 10.7. The summed E-state index contributed by atoms with van der Waals surface area (Å²) in [5.41, 5.74) is 0.878. The lowest BCUT2D eigenvalue weighted by molar-refractivity contribution is -0.117. The number of benzene rings is 1. The third-order valence-electron chi connectivity index (χ3n) is 1.95. The van der Waals surface area contributed by atoms with Crippen molar-refractivity contribution < 1.29 is 9.90 Å². The van der Waals surface area contributed by atoms with Gasteiger partial charge in [0.25, 0.3) is 0 Å². The van der Waals surface area contributed by atoms with Crippen LogP contribution in [0.25, 0.3) is 0 Å². The molecule has 0 saturated heterocycles. The lowest BCUT2D eigenvalue weighted by atomic mass is 10.0. The van der Waals surface area contributed by atoms with Crippen LogP contribution in [0.5, 0.6) is 0 Å². The molecule has 0 unspecified atom stereocenters. The number of hydrogen-bond donors (Lipinski definition) is 1. The van der Waals surface area contributed by atoms with Crippen LogP contribution in [-0.4, -0.2) is 10.9 Å². The Morgan fingerprint density at radius 3 is 2.54 bits per heavy atom. The normalized spacial score (nSPS) is 12.5. The van der Waals surface area contributed by atoms with E-state index >= 15 is 0 Å². The molecule has 0 aliphatic heterocycles. The van der Waals surface area contributed by atoms with Gasteiger partial charge in [-0.1, -0.05) is 30.3 Å². The van der Waals surface area contributed by atoms with E-state index in [0.717, 1.165) is 5.56 Å². The molecule has 1 rings (SSSR count). The summed E-state index contributed by atoms with van der Waals surface area (Å²) < 4.78 is 0. The summed E-state index contributed by atoms with van der Waals surface area (Å²) in [7, 11) is 0. The smallest absolute Gasteiger partial charge is 0.129 e. The first kappa shape index (κ1) is 9.93. The van der Waals surface area contributed by atoms with Gasteiger partial charge in [0, 0.05) is 6.42 Å². The van der Waals surface area contributed by atoms with Crippen molar-refractivity contribution >= 4 is 5.78 Å². The van der Waals surface area contributed by atoms with E-state index in [4.69, 9.17) is 0 Å². The summed E-state index contributed by atoms with van der Waals surface area (Å²) in [6.45, 7) is 1.54. The van der Waals surface area contributed by atoms with E-state index in [1.807, 2.05) is 30.3 Å². The number of carbonyl (C=O) groups is 1. The first-order chi connectivity index (χ1) is 6.20. The van der Waals surface area contributed by atoms with Crippen molar-refractivity contribution in [2.75, 3.05) is 0 Å². The van der Waals surface area contributed by atoms with Crippen LogP contribution in [0.3, 0.4) is 0 Å². The first-order valence-corrected chi connectivity index (χ1v) is 4.42. The number of Topliss-reactive ketones (excluding diaryl/α,β-unsaturated/α-hetero) is 1. The maximum Gasteiger partial charge on any atom is 0.129 e. The van der Waals surface area contributed by atoms with Crippen molar-refractivity contribution in [2.45, 2.75) is 25.9 Å². The zero-order valence-corrected chi connectivity index (χ0v) is 7.73. The molecule has 0 aliphatic rings. The zero-order valence-electron chi connectivity index (χ0n) is 7.73. The Hall–Kier alpha value is -1.15. The second-order valence-electron chi connectivity index (χ2n) is 3.17.